The van der Waals surface area contributed by atoms with Crippen LogP contribution in [0.1, 0.15) is 105 Å². The lowest BCUT2D eigenvalue weighted by Crippen LogP contribution is -2.35. The van der Waals surface area contributed by atoms with Gasteiger partial charge in [-0.1, -0.05) is 79.6 Å². The van der Waals surface area contributed by atoms with Gasteiger partial charge in [0.1, 0.15) is 0 Å². The number of carboxylic acid groups (broad SMARTS) is 2. The van der Waals surface area contributed by atoms with Crippen LogP contribution in [0.3, 0.4) is 0 Å². The van der Waals surface area contributed by atoms with E-state index >= 15 is 0 Å². The van der Waals surface area contributed by atoms with Gasteiger partial charge in [-0.3, -0.25) is 9.59 Å². The predicted molar refractivity (Wildman–Crippen MR) is 107 cm³/mol. The van der Waals surface area contributed by atoms with Gasteiger partial charge in [-0.2, -0.15) is 0 Å². The minimum Gasteiger partial charge on any atom is -0.481 e. The third-order valence-corrected chi connectivity index (χ3v) is 6.34. The van der Waals surface area contributed by atoms with Crippen molar-refractivity contribution in [3.63, 3.8) is 0 Å². The van der Waals surface area contributed by atoms with E-state index in [2.05, 4.69) is 27.7 Å². The van der Waals surface area contributed by atoms with Gasteiger partial charge in [0.2, 0.25) is 0 Å². The Labute approximate surface area is 160 Å². The minimum absolute atomic E-state index is 0.312. The number of hydrogen-bond acceptors (Lipinski definition) is 2. The SMILES string of the molecule is CCC(CC)CC(CCCCCC(C)C(=O)O)(CC(CC)CC)C(=O)O. The summed E-state index contributed by atoms with van der Waals surface area (Å²) >= 11 is 0. The molecule has 2 N–H and O–H groups in total. The quantitative estimate of drug-likeness (QED) is 0.309. The Kier molecular flexibility index (Phi) is 12.6. The van der Waals surface area contributed by atoms with Crippen LogP contribution in [-0.4, -0.2) is 22.2 Å². The molecule has 1 atom stereocenters. The number of carbonyl (C=O) groups is 2. The van der Waals surface area contributed by atoms with E-state index in [1.165, 1.54) is 0 Å². The van der Waals surface area contributed by atoms with Crippen LogP contribution in [0.4, 0.5) is 0 Å². The molecule has 4 nitrogen and oxygen atoms in total. The monoisotopic (exact) mass is 370 g/mol. The van der Waals surface area contributed by atoms with E-state index in [-0.39, 0.29) is 5.92 Å². The normalized spacial score (nSPS) is 13.3. The third-order valence-electron chi connectivity index (χ3n) is 6.34. The lowest BCUT2D eigenvalue weighted by molar-refractivity contribution is -0.152. The highest BCUT2D eigenvalue weighted by atomic mass is 16.4. The number of rotatable bonds is 16. The molecule has 0 bridgehead atoms. The fourth-order valence-electron chi connectivity index (χ4n) is 4.04. The average Bonchev–Trinajstić information content (AvgIpc) is 2.62. The van der Waals surface area contributed by atoms with E-state index in [0.717, 1.165) is 64.2 Å². The predicted octanol–water partition coefficient (Wildman–Crippen LogP) is 6.38. The standard InChI is InChI=1S/C22H42O4/c1-6-18(7-2)15-22(21(25)26,16-19(8-3)9-4)14-12-10-11-13-17(5)20(23)24/h17-19H,6-16H2,1-5H3,(H,23,24)(H,25,26). The maximum Gasteiger partial charge on any atom is 0.309 e. The van der Waals surface area contributed by atoms with Crippen molar-refractivity contribution >= 4 is 11.9 Å². The van der Waals surface area contributed by atoms with Crippen LogP contribution in [-0.2, 0) is 9.59 Å². The summed E-state index contributed by atoms with van der Waals surface area (Å²) in [6.07, 6.45) is 9.72. The zero-order valence-corrected chi connectivity index (χ0v) is 17.7. The van der Waals surface area contributed by atoms with E-state index in [0.29, 0.717) is 18.3 Å². The number of hydrogen-bond donors (Lipinski definition) is 2. The second-order valence-corrected chi connectivity index (χ2v) is 8.20. The van der Waals surface area contributed by atoms with Crippen molar-refractivity contribution in [2.24, 2.45) is 23.2 Å². The summed E-state index contributed by atoms with van der Waals surface area (Å²) in [6.45, 7) is 10.4. The van der Waals surface area contributed by atoms with Crippen LogP contribution >= 0.6 is 0 Å². The van der Waals surface area contributed by atoms with Crippen LogP contribution in [0, 0.1) is 23.2 Å². The molecule has 0 rings (SSSR count). The minimum atomic E-state index is -0.743. The molecule has 0 aliphatic heterocycles. The van der Waals surface area contributed by atoms with Crippen molar-refractivity contribution in [2.45, 2.75) is 105 Å². The third kappa shape index (κ3) is 8.55. The van der Waals surface area contributed by atoms with Gasteiger partial charge < -0.3 is 10.2 Å². The van der Waals surface area contributed by atoms with Crippen LogP contribution in [0.25, 0.3) is 0 Å². The van der Waals surface area contributed by atoms with Crippen molar-refractivity contribution in [2.75, 3.05) is 0 Å². The van der Waals surface area contributed by atoms with Gasteiger partial charge in [0.25, 0.3) is 0 Å². The molecule has 0 saturated carbocycles. The fourth-order valence-corrected chi connectivity index (χ4v) is 4.04. The summed E-state index contributed by atoms with van der Waals surface area (Å²) < 4.78 is 0. The zero-order chi connectivity index (χ0) is 20.2. The Morgan fingerprint density at radius 2 is 1.27 bits per heavy atom. The van der Waals surface area contributed by atoms with E-state index in [1.807, 2.05) is 0 Å². The van der Waals surface area contributed by atoms with Gasteiger partial charge in [-0.25, -0.2) is 0 Å². The molecule has 0 aliphatic carbocycles. The molecule has 1 unspecified atom stereocenters. The highest BCUT2D eigenvalue weighted by Crippen LogP contribution is 2.42. The zero-order valence-electron chi connectivity index (χ0n) is 17.7. The largest absolute Gasteiger partial charge is 0.481 e. The molecule has 0 aromatic rings. The van der Waals surface area contributed by atoms with Gasteiger partial charge in [0.05, 0.1) is 11.3 Å². The molecule has 4 heteroatoms. The highest BCUT2D eigenvalue weighted by Gasteiger charge is 2.40. The molecule has 0 aliphatic rings. The van der Waals surface area contributed by atoms with E-state index < -0.39 is 17.4 Å². The van der Waals surface area contributed by atoms with Gasteiger partial charge in [-0.05, 0) is 37.5 Å². The topological polar surface area (TPSA) is 74.6 Å². The van der Waals surface area contributed by atoms with E-state index in [9.17, 15) is 14.7 Å². The Bertz CT molecular complexity index is 383. The molecular weight excluding hydrogens is 328 g/mol. The molecule has 0 amide bonds. The summed E-state index contributed by atoms with van der Waals surface area (Å²) in [7, 11) is 0. The Balaban J connectivity index is 4.98. The molecule has 0 aromatic carbocycles. The van der Waals surface area contributed by atoms with Crippen LogP contribution in [0.2, 0.25) is 0 Å². The maximum absolute atomic E-state index is 12.3. The summed E-state index contributed by atoms with van der Waals surface area (Å²) in [5.41, 5.74) is -0.619. The van der Waals surface area contributed by atoms with Crippen LogP contribution in [0.15, 0.2) is 0 Å². The molecule has 154 valence electrons. The van der Waals surface area contributed by atoms with Crippen molar-refractivity contribution < 1.29 is 19.8 Å². The van der Waals surface area contributed by atoms with Crippen LogP contribution < -0.4 is 0 Å². The first-order valence-corrected chi connectivity index (χ1v) is 10.7. The Morgan fingerprint density at radius 3 is 1.62 bits per heavy atom. The van der Waals surface area contributed by atoms with Gasteiger partial charge >= 0.3 is 11.9 Å². The van der Waals surface area contributed by atoms with E-state index in [4.69, 9.17) is 5.11 Å². The molecule has 0 saturated heterocycles. The van der Waals surface area contributed by atoms with Crippen molar-refractivity contribution in [3.8, 4) is 0 Å². The Morgan fingerprint density at radius 1 is 0.808 bits per heavy atom. The molecule has 0 fully saturated rings. The number of aliphatic carboxylic acids is 2. The van der Waals surface area contributed by atoms with E-state index in [1.54, 1.807) is 6.92 Å². The molecule has 26 heavy (non-hydrogen) atoms. The number of unbranched alkanes of at least 4 members (excludes halogenated alkanes) is 2. The first-order valence-electron chi connectivity index (χ1n) is 10.7. The van der Waals surface area contributed by atoms with Crippen molar-refractivity contribution in [1.29, 1.82) is 0 Å². The summed E-state index contributed by atoms with van der Waals surface area (Å²) in [5.74, 6) is -0.754. The van der Waals surface area contributed by atoms with Gasteiger partial charge in [-0.15, -0.1) is 0 Å². The second-order valence-electron chi connectivity index (χ2n) is 8.20. The molecule has 0 spiro atoms. The summed E-state index contributed by atoms with van der Waals surface area (Å²) in [4.78, 5) is 23.2. The fraction of sp³-hybridized carbons (Fsp3) is 0.909. The smallest absolute Gasteiger partial charge is 0.309 e. The Hall–Kier alpha value is -1.06. The molecular formula is C22H42O4. The first-order chi connectivity index (χ1) is 12.3. The first kappa shape index (κ1) is 24.9. The summed E-state index contributed by atoms with van der Waals surface area (Å²) in [5, 5.41) is 19.1. The number of carboxylic acids is 2. The lowest BCUT2D eigenvalue weighted by Gasteiger charge is -2.35. The van der Waals surface area contributed by atoms with Gasteiger partial charge in [0.15, 0.2) is 0 Å². The van der Waals surface area contributed by atoms with Gasteiger partial charge in [0, 0.05) is 0 Å². The van der Waals surface area contributed by atoms with Crippen molar-refractivity contribution in [3.05, 3.63) is 0 Å². The summed E-state index contributed by atoms with van der Waals surface area (Å²) in [6, 6.07) is 0. The highest BCUT2D eigenvalue weighted by molar-refractivity contribution is 5.74. The van der Waals surface area contributed by atoms with Crippen molar-refractivity contribution in [1.82, 2.24) is 0 Å². The second kappa shape index (κ2) is 13.2. The lowest BCUT2D eigenvalue weighted by atomic mass is 9.68. The molecule has 0 radical (unpaired) electrons. The molecule has 0 aromatic heterocycles. The van der Waals surface area contributed by atoms with Crippen LogP contribution in [0.5, 0.6) is 0 Å². The maximum atomic E-state index is 12.3. The average molecular weight is 371 g/mol. The molecule has 0 heterocycles.